The van der Waals surface area contributed by atoms with Gasteiger partial charge in [-0.25, -0.2) is 9.97 Å². The molecule has 0 radical (unpaired) electrons. The van der Waals surface area contributed by atoms with Gasteiger partial charge in [0.2, 0.25) is 0 Å². The van der Waals surface area contributed by atoms with Crippen molar-refractivity contribution >= 4 is 28.4 Å². The van der Waals surface area contributed by atoms with Gasteiger partial charge < -0.3 is 5.32 Å². The fraction of sp³-hybridized carbons (Fsp3) is 0.286. The number of aryl methyl sites for hydroxylation is 1. The first kappa shape index (κ1) is 13.3. The zero-order valence-corrected chi connectivity index (χ0v) is 12.9. The third-order valence-electron chi connectivity index (χ3n) is 2.93. The predicted octanol–water partition coefficient (Wildman–Crippen LogP) is 3.80. The highest BCUT2D eigenvalue weighted by molar-refractivity contribution is 14.1. The quantitative estimate of drug-likeness (QED) is 0.853. The molecule has 0 saturated carbocycles. The Balaban J connectivity index is 2.51. The van der Waals surface area contributed by atoms with E-state index >= 15 is 0 Å². The molecule has 0 saturated heterocycles. The monoisotopic (exact) mass is 353 g/mol. The van der Waals surface area contributed by atoms with Gasteiger partial charge >= 0.3 is 0 Å². The number of nitrogens with one attached hydrogen (secondary N) is 1. The molecule has 0 aliphatic rings. The molecule has 0 unspecified atom stereocenters. The van der Waals surface area contributed by atoms with Crippen LogP contribution in [-0.2, 0) is 0 Å². The van der Waals surface area contributed by atoms with Gasteiger partial charge in [0.15, 0.2) is 5.82 Å². The number of hydrogen-bond donors (Lipinski definition) is 1. The van der Waals surface area contributed by atoms with Crippen molar-refractivity contribution in [1.29, 1.82) is 0 Å². The van der Waals surface area contributed by atoms with Crippen molar-refractivity contribution in [2.45, 2.75) is 20.8 Å². The first-order chi connectivity index (χ1) is 8.63. The first-order valence-corrected chi connectivity index (χ1v) is 7.04. The molecule has 94 valence electrons. The van der Waals surface area contributed by atoms with Crippen LogP contribution in [-0.4, -0.2) is 16.5 Å². The van der Waals surface area contributed by atoms with Crippen LogP contribution >= 0.6 is 22.6 Å². The molecule has 0 amide bonds. The molecule has 1 N–H and O–H groups in total. The van der Waals surface area contributed by atoms with Crippen LogP contribution in [0.5, 0.6) is 0 Å². The van der Waals surface area contributed by atoms with Gasteiger partial charge in [-0.15, -0.1) is 0 Å². The lowest BCUT2D eigenvalue weighted by Crippen LogP contribution is -2.04. The summed E-state index contributed by atoms with van der Waals surface area (Å²) in [6.45, 7) is 7.14. The highest BCUT2D eigenvalue weighted by Crippen LogP contribution is 2.24. The summed E-state index contributed by atoms with van der Waals surface area (Å²) in [7, 11) is 0. The van der Waals surface area contributed by atoms with E-state index in [2.05, 4.69) is 70.8 Å². The lowest BCUT2D eigenvalue weighted by atomic mass is 10.0. The maximum atomic E-state index is 4.60. The molecular weight excluding hydrogens is 337 g/mol. The second kappa shape index (κ2) is 5.65. The fourth-order valence-corrected chi connectivity index (χ4v) is 2.23. The van der Waals surface area contributed by atoms with Crippen molar-refractivity contribution in [3.8, 4) is 11.4 Å². The van der Waals surface area contributed by atoms with Gasteiger partial charge in [-0.3, -0.25) is 0 Å². The fourth-order valence-electron chi connectivity index (χ4n) is 1.78. The average Bonchev–Trinajstić information content (AvgIpc) is 2.36. The van der Waals surface area contributed by atoms with Gasteiger partial charge in [-0.05, 0) is 54.5 Å². The van der Waals surface area contributed by atoms with Crippen LogP contribution in [0.3, 0.4) is 0 Å². The summed E-state index contributed by atoms with van der Waals surface area (Å²) in [6, 6.07) is 6.23. The normalized spacial score (nSPS) is 10.4. The summed E-state index contributed by atoms with van der Waals surface area (Å²) in [4.78, 5) is 9.04. The van der Waals surface area contributed by atoms with Crippen LogP contribution in [0.2, 0.25) is 0 Å². The molecule has 0 fully saturated rings. The lowest BCUT2D eigenvalue weighted by molar-refractivity contribution is 1.10. The Bertz CT molecular complexity index is 567. The lowest BCUT2D eigenvalue weighted by Gasteiger charge is -2.10. The third kappa shape index (κ3) is 2.63. The number of aromatic nitrogens is 2. The molecule has 18 heavy (non-hydrogen) atoms. The molecule has 0 atom stereocenters. The summed E-state index contributed by atoms with van der Waals surface area (Å²) < 4.78 is 1.04. The average molecular weight is 353 g/mol. The van der Waals surface area contributed by atoms with Crippen molar-refractivity contribution in [2.75, 3.05) is 11.9 Å². The van der Waals surface area contributed by atoms with Crippen molar-refractivity contribution in [3.05, 3.63) is 39.1 Å². The van der Waals surface area contributed by atoms with Crippen molar-refractivity contribution in [3.63, 3.8) is 0 Å². The summed E-state index contributed by atoms with van der Waals surface area (Å²) >= 11 is 2.25. The maximum absolute atomic E-state index is 4.60. The molecule has 2 rings (SSSR count). The first-order valence-electron chi connectivity index (χ1n) is 5.96. The number of nitrogens with zero attached hydrogens (tertiary/aromatic N) is 2. The smallest absolute Gasteiger partial charge is 0.161 e. The Morgan fingerprint density at radius 1 is 1.28 bits per heavy atom. The van der Waals surface area contributed by atoms with Crippen LogP contribution in [0, 0.1) is 17.4 Å². The standard InChI is InChI=1S/C14H16IN3/c1-4-16-14-12(15)8-17-13(18-14)11-7-5-6-9(2)10(11)3/h5-8H,4H2,1-3H3,(H,16,17,18). The maximum Gasteiger partial charge on any atom is 0.161 e. The molecule has 1 aromatic carbocycles. The minimum Gasteiger partial charge on any atom is -0.369 e. The summed E-state index contributed by atoms with van der Waals surface area (Å²) in [5.41, 5.74) is 3.60. The van der Waals surface area contributed by atoms with E-state index in [9.17, 15) is 0 Å². The largest absolute Gasteiger partial charge is 0.369 e. The molecule has 3 nitrogen and oxygen atoms in total. The summed E-state index contributed by atoms with van der Waals surface area (Å²) in [5, 5.41) is 3.26. The van der Waals surface area contributed by atoms with Crippen molar-refractivity contribution < 1.29 is 0 Å². The molecule has 0 bridgehead atoms. The van der Waals surface area contributed by atoms with E-state index in [1.807, 2.05) is 12.3 Å². The van der Waals surface area contributed by atoms with Gasteiger partial charge in [-0.1, -0.05) is 18.2 Å². The number of hydrogen-bond acceptors (Lipinski definition) is 3. The zero-order chi connectivity index (χ0) is 13.1. The molecule has 1 heterocycles. The Morgan fingerprint density at radius 3 is 2.78 bits per heavy atom. The SMILES string of the molecule is CCNc1nc(-c2cccc(C)c2C)ncc1I. The minimum atomic E-state index is 0.785. The zero-order valence-electron chi connectivity index (χ0n) is 10.8. The van der Waals surface area contributed by atoms with Gasteiger partial charge in [0.05, 0.1) is 3.57 Å². The van der Waals surface area contributed by atoms with E-state index in [1.165, 1.54) is 11.1 Å². The summed E-state index contributed by atoms with van der Waals surface area (Å²) in [5.74, 6) is 1.69. The minimum absolute atomic E-state index is 0.785. The molecule has 0 aliphatic carbocycles. The van der Waals surface area contributed by atoms with Crippen LogP contribution in [0.4, 0.5) is 5.82 Å². The van der Waals surface area contributed by atoms with Crippen LogP contribution in [0.1, 0.15) is 18.1 Å². The highest BCUT2D eigenvalue weighted by Gasteiger charge is 2.09. The van der Waals surface area contributed by atoms with Crippen molar-refractivity contribution in [1.82, 2.24) is 9.97 Å². The van der Waals surface area contributed by atoms with E-state index in [-0.39, 0.29) is 0 Å². The molecular formula is C14H16IN3. The van der Waals surface area contributed by atoms with E-state index in [0.717, 1.165) is 27.3 Å². The van der Waals surface area contributed by atoms with E-state index in [1.54, 1.807) is 0 Å². The van der Waals surface area contributed by atoms with Gasteiger partial charge in [-0.2, -0.15) is 0 Å². The second-order valence-corrected chi connectivity index (χ2v) is 5.33. The van der Waals surface area contributed by atoms with Crippen molar-refractivity contribution in [2.24, 2.45) is 0 Å². The second-order valence-electron chi connectivity index (χ2n) is 4.17. The topological polar surface area (TPSA) is 37.8 Å². The molecule has 4 heteroatoms. The molecule has 0 aliphatic heterocycles. The number of anilines is 1. The van der Waals surface area contributed by atoms with Gasteiger partial charge in [0.25, 0.3) is 0 Å². The molecule has 2 aromatic rings. The predicted molar refractivity (Wildman–Crippen MR) is 83.8 cm³/mol. The highest BCUT2D eigenvalue weighted by atomic mass is 127. The van der Waals surface area contributed by atoms with Crippen LogP contribution in [0.25, 0.3) is 11.4 Å². The summed E-state index contributed by atoms with van der Waals surface area (Å²) in [6.07, 6.45) is 1.86. The van der Waals surface area contributed by atoms with E-state index in [0.29, 0.717) is 0 Å². The Labute approximate surface area is 121 Å². The van der Waals surface area contributed by atoms with Gasteiger partial charge in [0.1, 0.15) is 5.82 Å². The number of halogens is 1. The number of benzene rings is 1. The molecule has 0 spiro atoms. The Morgan fingerprint density at radius 2 is 2.06 bits per heavy atom. The van der Waals surface area contributed by atoms with Crippen LogP contribution < -0.4 is 5.32 Å². The Kier molecular flexibility index (Phi) is 4.16. The van der Waals surface area contributed by atoms with Gasteiger partial charge in [0, 0.05) is 18.3 Å². The van der Waals surface area contributed by atoms with Crippen LogP contribution in [0.15, 0.2) is 24.4 Å². The van der Waals surface area contributed by atoms with E-state index in [4.69, 9.17) is 0 Å². The van der Waals surface area contributed by atoms with E-state index < -0.39 is 0 Å². The third-order valence-corrected chi connectivity index (χ3v) is 3.72. The Hall–Kier alpha value is -1.17. The molecule has 1 aromatic heterocycles. The number of rotatable bonds is 3.